The van der Waals surface area contributed by atoms with Gasteiger partial charge in [0.25, 0.3) is 0 Å². The maximum atomic E-state index is 6.06. The average Bonchev–Trinajstić information content (AvgIpc) is 2.38. The van der Waals surface area contributed by atoms with E-state index in [9.17, 15) is 0 Å². The van der Waals surface area contributed by atoms with Crippen LogP contribution in [0, 0.1) is 0 Å². The van der Waals surface area contributed by atoms with Gasteiger partial charge in [0.05, 0.1) is 6.61 Å². The van der Waals surface area contributed by atoms with Crippen molar-refractivity contribution >= 4 is 11.8 Å². The molecular weight excluding hydrogens is 158 g/mol. The Balaban J connectivity index is 2.13. The van der Waals surface area contributed by atoms with Crippen LogP contribution >= 0.6 is 11.8 Å². The average molecular weight is 175 g/mol. The Morgan fingerprint density at radius 3 is 3.00 bits per heavy atom. The van der Waals surface area contributed by atoms with Gasteiger partial charge in [-0.2, -0.15) is 11.8 Å². The van der Waals surface area contributed by atoms with Gasteiger partial charge in [0.15, 0.2) is 0 Å². The third-order valence-corrected chi connectivity index (χ3v) is 2.98. The van der Waals surface area contributed by atoms with Crippen LogP contribution in [0.1, 0.15) is 19.8 Å². The molecular formula is C8H17NOS. The highest BCUT2D eigenvalue weighted by Crippen LogP contribution is 2.21. The van der Waals surface area contributed by atoms with Crippen molar-refractivity contribution in [2.24, 2.45) is 5.73 Å². The van der Waals surface area contributed by atoms with Gasteiger partial charge in [0.1, 0.15) is 0 Å². The van der Waals surface area contributed by atoms with Crippen molar-refractivity contribution in [3.63, 3.8) is 0 Å². The van der Waals surface area contributed by atoms with Crippen LogP contribution in [0.2, 0.25) is 0 Å². The predicted octanol–water partition coefficient (Wildman–Crippen LogP) is 1.25. The van der Waals surface area contributed by atoms with Crippen molar-refractivity contribution < 1.29 is 4.74 Å². The molecule has 2 N–H and O–H groups in total. The first-order chi connectivity index (χ1) is 5.27. The molecule has 0 saturated carbocycles. The van der Waals surface area contributed by atoms with Crippen LogP contribution in [0.5, 0.6) is 0 Å². The Kier molecular flexibility index (Phi) is 3.69. The van der Waals surface area contributed by atoms with Gasteiger partial charge in [0, 0.05) is 12.1 Å². The highest BCUT2D eigenvalue weighted by atomic mass is 32.2. The third kappa shape index (κ3) is 3.01. The summed E-state index contributed by atoms with van der Waals surface area (Å²) in [6, 6.07) is 0. The Morgan fingerprint density at radius 2 is 2.45 bits per heavy atom. The molecule has 1 saturated heterocycles. The zero-order valence-electron chi connectivity index (χ0n) is 7.14. The van der Waals surface area contributed by atoms with Crippen molar-refractivity contribution in [1.82, 2.24) is 0 Å². The van der Waals surface area contributed by atoms with E-state index >= 15 is 0 Å². The van der Waals surface area contributed by atoms with Gasteiger partial charge in [-0.1, -0.05) is 6.92 Å². The molecule has 1 aliphatic rings. The molecule has 2 nitrogen and oxygen atoms in total. The fourth-order valence-corrected chi connectivity index (χ4v) is 2.08. The predicted molar refractivity (Wildman–Crippen MR) is 50.0 cm³/mol. The lowest BCUT2D eigenvalue weighted by Gasteiger charge is -2.20. The molecule has 1 heterocycles. The maximum absolute atomic E-state index is 6.06. The minimum atomic E-state index is 0.00215. The van der Waals surface area contributed by atoms with E-state index in [0.29, 0.717) is 0 Å². The summed E-state index contributed by atoms with van der Waals surface area (Å²) >= 11 is 1.96. The van der Waals surface area contributed by atoms with Crippen molar-refractivity contribution in [2.75, 3.05) is 24.7 Å². The molecule has 66 valence electrons. The van der Waals surface area contributed by atoms with Crippen LogP contribution in [0.15, 0.2) is 0 Å². The van der Waals surface area contributed by atoms with E-state index < -0.39 is 0 Å². The van der Waals surface area contributed by atoms with Crippen LogP contribution in [0.3, 0.4) is 0 Å². The SMILES string of the molecule is CCSCCC1(N)CCOC1. The number of hydrogen-bond donors (Lipinski definition) is 1. The monoisotopic (exact) mass is 175 g/mol. The van der Waals surface area contributed by atoms with Gasteiger partial charge in [-0.15, -0.1) is 0 Å². The van der Waals surface area contributed by atoms with E-state index in [-0.39, 0.29) is 5.54 Å². The van der Waals surface area contributed by atoms with Gasteiger partial charge in [0.2, 0.25) is 0 Å². The molecule has 0 aromatic heterocycles. The number of ether oxygens (including phenoxy) is 1. The van der Waals surface area contributed by atoms with Gasteiger partial charge in [-0.25, -0.2) is 0 Å². The minimum Gasteiger partial charge on any atom is -0.379 e. The molecule has 3 heteroatoms. The van der Waals surface area contributed by atoms with E-state index in [1.54, 1.807) is 0 Å². The zero-order valence-corrected chi connectivity index (χ0v) is 7.95. The molecule has 1 aliphatic heterocycles. The van der Waals surface area contributed by atoms with Crippen molar-refractivity contribution in [1.29, 1.82) is 0 Å². The van der Waals surface area contributed by atoms with Gasteiger partial charge in [-0.3, -0.25) is 0 Å². The Morgan fingerprint density at radius 1 is 1.64 bits per heavy atom. The molecule has 0 aliphatic carbocycles. The first-order valence-electron chi connectivity index (χ1n) is 4.21. The summed E-state index contributed by atoms with van der Waals surface area (Å²) in [4.78, 5) is 0. The van der Waals surface area contributed by atoms with Crippen LogP contribution < -0.4 is 5.73 Å². The molecule has 0 bridgehead atoms. The number of rotatable bonds is 4. The maximum Gasteiger partial charge on any atom is 0.0647 e. The molecule has 0 aromatic rings. The lowest BCUT2D eigenvalue weighted by Crippen LogP contribution is -2.40. The van der Waals surface area contributed by atoms with E-state index in [1.807, 2.05) is 11.8 Å². The Hall–Kier alpha value is 0.270. The van der Waals surface area contributed by atoms with Crippen molar-refractivity contribution in [3.05, 3.63) is 0 Å². The van der Waals surface area contributed by atoms with Gasteiger partial charge < -0.3 is 10.5 Å². The molecule has 0 radical (unpaired) electrons. The van der Waals surface area contributed by atoms with Crippen molar-refractivity contribution in [3.8, 4) is 0 Å². The van der Waals surface area contributed by atoms with Crippen LogP contribution in [-0.2, 0) is 4.74 Å². The number of hydrogen-bond acceptors (Lipinski definition) is 3. The van der Waals surface area contributed by atoms with E-state index in [2.05, 4.69) is 6.92 Å². The molecule has 1 unspecified atom stereocenters. The summed E-state index contributed by atoms with van der Waals surface area (Å²) < 4.78 is 5.26. The summed E-state index contributed by atoms with van der Waals surface area (Å²) in [6.07, 6.45) is 2.14. The van der Waals surface area contributed by atoms with E-state index in [1.165, 1.54) is 11.5 Å². The standard InChI is InChI=1S/C8H17NOS/c1-2-11-6-4-8(9)3-5-10-7-8/h2-7,9H2,1H3. The zero-order chi connectivity index (χ0) is 8.16. The number of thioether (sulfide) groups is 1. The molecule has 1 atom stereocenters. The minimum absolute atomic E-state index is 0.00215. The lowest BCUT2D eigenvalue weighted by atomic mass is 9.97. The normalized spacial score (nSPS) is 31.1. The first kappa shape index (κ1) is 9.36. The Bertz CT molecular complexity index is 113. The van der Waals surface area contributed by atoms with Crippen LogP contribution in [0.25, 0.3) is 0 Å². The fourth-order valence-electron chi connectivity index (χ4n) is 1.24. The van der Waals surface area contributed by atoms with Crippen molar-refractivity contribution in [2.45, 2.75) is 25.3 Å². The quantitative estimate of drug-likeness (QED) is 0.653. The summed E-state index contributed by atoms with van der Waals surface area (Å²) in [7, 11) is 0. The molecule has 0 aromatic carbocycles. The summed E-state index contributed by atoms with van der Waals surface area (Å²) in [5.41, 5.74) is 6.06. The largest absolute Gasteiger partial charge is 0.379 e. The molecule has 0 spiro atoms. The van der Waals surface area contributed by atoms with Crippen LogP contribution in [-0.4, -0.2) is 30.3 Å². The second kappa shape index (κ2) is 4.33. The second-order valence-corrected chi connectivity index (χ2v) is 4.51. The smallest absolute Gasteiger partial charge is 0.0647 e. The summed E-state index contributed by atoms with van der Waals surface area (Å²) in [5, 5.41) is 0. The molecule has 1 rings (SSSR count). The fraction of sp³-hybridized carbons (Fsp3) is 1.00. The van der Waals surface area contributed by atoms with E-state index in [0.717, 1.165) is 26.1 Å². The number of nitrogens with two attached hydrogens (primary N) is 1. The van der Waals surface area contributed by atoms with Crippen LogP contribution in [0.4, 0.5) is 0 Å². The second-order valence-electron chi connectivity index (χ2n) is 3.11. The summed E-state index contributed by atoms with van der Waals surface area (Å²) in [6.45, 7) is 3.80. The lowest BCUT2D eigenvalue weighted by molar-refractivity contribution is 0.177. The Labute approximate surface area is 72.9 Å². The van der Waals surface area contributed by atoms with Gasteiger partial charge >= 0.3 is 0 Å². The summed E-state index contributed by atoms with van der Waals surface area (Å²) in [5.74, 6) is 2.37. The van der Waals surface area contributed by atoms with E-state index in [4.69, 9.17) is 10.5 Å². The molecule has 1 fully saturated rings. The highest BCUT2D eigenvalue weighted by molar-refractivity contribution is 7.99. The molecule has 0 amide bonds. The molecule has 11 heavy (non-hydrogen) atoms. The highest BCUT2D eigenvalue weighted by Gasteiger charge is 2.29. The topological polar surface area (TPSA) is 35.2 Å². The first-order valence-corrected chi connectivity index (χ1v) is 5.37. The third-order valence-electron chi connectivity index (χ3n) is 2.08. The van der Waals surface area contributed by atoms with Gasteiger partial charge in [-0.05, 0) is 24.3 Å².